The van der Waals surface area contributed by atoms with Gasteiger partial charge in [0, 0.05) is 15.1 Å². The first-order valence-corrected chi connectivity index (χ1v) is 12.3. The maximum atomic E-state index is 13.6. The van der Waals surface area contributed by atoms with Crippen molar-refractivity contribution in [1.29, 1.82) is 0 Å². The molecule has 1 aromatic heterocycles. The topological polar surface area (TPSA) is 90.1 Å². The van der Waals surface area contributed by atoms with E-state index in [0.29, 0.717) is 35.7 Å². The molecular formula is C24H20BrClN2O5S. The molecule has 0 unspecified atom stereocenters. The van der Waals surface area contributed by atoms with E-state index in [1.165, 1.54) is 23.0 Å². The second-order valence-electron chi connectivity index (χ2n) is 7.40. The van der Waals surface area contributed by atoms with Crippen molar-refractivity contribution in [1.82, 2.24) is 4.57 Å². The smallest absolute Gasteiger partial charge is 0.338 e. The number of carbonyl (C=O) groups is 1. The van der Waals surface area contributed by atoms with Crippen molar-refractivity contribution < 1.29 is 19.4 Å². The van der Waals surface area contributed by atoms with Gasteiger partial charge in [0.1, 0.15) is 0 Å². The zero-order valence-corrected chi connectivity index (χ0v) is 21.6. The number of esters is 1. The van der Waals surface area contributed by atoms with E-state index in [4.69, 9.17) is 21.1 Å². The zero-order valence-electron chi connectivity index (χ0n) is 18.5. The van der Waals surface area contributed by atoms with Gasteiger partial charge in [0.2, 0.25) is 0 Å². The van der Waals surface area contributed by atoms with Gasteiger partial charge in [-0.1, -0.05) is 51.0 Å². The highest BCUT2D eigenvalue weighted by Gasteiger charge is 2.33. The highest BCUT2D eigenvalue weighted by molar-refractivity contribution is 9.10. The number of phenolic OH excluding ortho intramolecular Hbond substituents is 1. The molecule has 1 aliphatic heterocycles. The van der Waals surface area contributed by atoms with Crippen LogP contribution in [0.2, 0.25) is 5.02 Å². The number of halogens is 2. The molecule has 176 valence electrons. The van der Waals surface area contributed by atoms with E-state index >= 15 is 0 Å². The maximum absolute atomic E-state index is 13.6. The lowest BCUT2D eigenvalue weighted by Crippen LogP contribution is -2.39. The first kappa shape index (κ1) is 24.3. The van der Waals surface area contributed by atoms with Crippen LogP contribution in [-0.4, -0.2) is 29.4 Å². The second-order valence-corrected chi connectivity index (χ2v) is 9.76. The summed E-state index contributed by atoms with van der Waals surface area (Å²) in [6.45, 7) is 3.63. The molecule has 1 aliphatic rings. The molecule has 2 aromatic carbocycles. The molecule has 0 saturated heterocycles. The summed E-state index contributed by atoms with van der Waals surface area (Å²) in [6, 6.07) is 9.53. The number of phenols is 1. The quantitative estimate of drug-likeness (QED) is 0.475. The number of fused-ring (bicyclic) bond motifs is 1. The Balaban J connectivity index is 1.97. The van der Waals surface area contributed by atoms with E-state index in [1.54, 1.807) is 56.3 Å². The minimum atomic E-state index is -0.736. The summed E-state index contributed by atoms with van der Waals surface area (Å²) < 4.78 is 13.0. The molecule has 0 amide bonds. The number of rotatable bonds is 5. The van der Waals surface area contributed by atoms with Gasteiger partial charge in [-0.3, -0.25) is 9.36 Å². The number of aromatic hydroxyl groups is 1. The molecule has 7 nitrogen and oxygen atoms in total. The number of benzene rings is 2. The van der Waals surface area contributed by atoms with Crippen LogP contribution < -0.4 is 19.6 Å². The molecule has 0 bridgehead atoms. The maximum Gasteiger partial charge on any atom is 0.338 e. The minimum absolute atomic E-state index is 0.0887. The Labute approximate surface area is 212 Å². The lowest BCUT2D eigenvalue weighted by Gasteiger charge is -2.24. The fourth-order valence-electron chi connectivity index (χ4n) is 3.75. The normalized spacial score (nSPS) is 15.7. The van der Waals surface area contributed by atoms with Crippen molar-refractivity contribution in [3.05, 3.63) is 88.0 Å². The third-order valence-electron chi connectivity index (χ3n) is 5.28. The average molecular weight is 564 g/mol. The lowest BCUT2D eigenvalue weighted by atomic mass is 9.96. The lowest BCUT2D eigenvalue weighted by molar-refractivity contribution is -0.139. The van der Waals surface area contributed by atoms with Gasteiger partial charge in [-0.25, -0.2) is 9.79 Å². The average Bonchev–Trinajstić information content (AvgIpc) is 3.10. The molecule has 10 heteroatoms. The molecule has 4 rings (SSSR count). The van der Waals surface area contributed by atoms with Gasteiger partial charge >= 0.3 is 5.97 Å². The standard InChI is InChI=1S/C24H20BrClN2O5S/c1-4-33-23(31)19-12(2)27-24-28(20(19)13-5-7-16(26)8-6-13)22(30)18(34-24)10-14-9-15(25)11-17(32-3)21(14)29/h5-11,20,29H,4H2,1-3H3/b18-10+/t20-/m0/s1. The minimum Gasteiger partial charge on any atom is -0.504 e. The van der Waals surface area contributed by atoms with Gasteiger partial charge in [0.25, 0.3) is 5.56 Å². The van der Waals surface area contributed by atoms with E-state index in [-0.39, 0.29) is 29.2 Å². The van der Waals surface area contributed by atoms with E-state index < -0.39 is 12.0 Å². The number of nitrogens with zero attached hydrogens (tertiary/aromatic N) is 2. The highest BCUT2D eigenvalue weighted by atomic mass is 79.9. The van der Waals surface area contributed by atoms with Crippen LogP contribution >= 0.6 is 38.9 Å². The Bertz CT molecular complexity index is 1490. The predicted molar refractivity (Wildman–Crippen MR) is 134 cm³/mol. The predicted octanol–water partition coefficient (Wildman–Crippen LogP) is 3.93. The number of hydrogen-bond donors (Lipinski definition) is 1. The molecule has 0 fully saturated rings. The second kappa shape index (κ2) is 9.77. The molecule has 3 aromatic rings. The Kier molecular flexibility index (Phi) is 6.97. The number of carbonyl (C=O) groups excluding carboxylic acids is 1. The first-order chi connectivity index (χ1) is 16.2. The van der Waals surface area contributed by atoms with Crippen LogP contribution in [-0.2, 0) is 9.53 Å². The molecule has 0 radical (unpaired) electrons. The summed E-state index contributed by atoms with van der Waals surface area (Å²) in [5, 5.41) is 11.1. The van der Waals surface area contributed by atoms with Crippen LogP contribution in [0.25, 0.3) is 6.08 Å². The molecular weight excluding hydrogens is 544 g/mol. The summed E-state index contributed by atoms with van der Waals surface area (Å²) >= 11 is 10.6. The SMILES string of the molecule is CCOC(=O)C1=C(C)N=c2s/c(=C/c3cc(Br)cc(OC)c3O)c(=O)n2[C@H]1c1ccc(Cl)cc1. The van der Waals surface area contributed by atoms with Crippen LogP contribution in [0.1, 0.15) is 31.0 Å². The Morgan fingerprint density at radius 2 is 2.03 bits per heavy atom. The Hall–Kier alpha value is -2.88. The van der Waals surface area contributed by atoms with Crippen LogP contribution in [0.3, 0.4) is 0 Å². The number of hydrogen-bond acceptors (Lipinski definition) is 7. The van der Waals surface area contributed by atoms with Gasteiger partial charge in [0.15, 0.2) is 16.3 Å². The fourth-order valence-corrected chi connectivity index (χ4v) is 5.37. The highest BCUT2D eigenvalue weighted by Crippen LogP contribution is 2.34. The molecule has 34 heavy (non-hydrogen) atoms. The number of methoxy groups -OCH3 is 1. The van der Waals surface area contributed by atoms with E-state index in [1.807, 2.05) is 0 Å². The van der Waals surface area contributed by atoms with Gasteiger partial charge in [-0.2, -0.15) is 0 Å². The van der Waals surface area contributed by atoms with Crippen LogP contribution in [0, 0.1) is 0 Å². The van der Waals surface area contributed by atoms with Crippen molar-refractivity contribution in [2.75, 3.05) is 13.7 Å². The summed E-state index contributed by atoms with van der Waals surface area (Å²) in [5.41, 5.74) is 1.51. The van der Waals surface area contributed by atoms with Gasteiger partial charge in [-0.05, 0) is 49.8 Å². The van der Waals surface area contributed by atoms with Crippen molar-refractivity contribution in [2.24, 2.45) is 4.99 Å². The van der Waals surface area contributed by atoms with E-state index in [0.717, 1.165) is 0 Å². The number of allylic oxidation sites excluding steroid dienone is 1. The molecule has 0 aliphatic carbocycles. The fraction of sp³-hybridized carbons (Fsp3) is 0.208. The van der Waals surface area contributed by atoms with Crippen LogP contribution in [0.5, 0.6) is 11.5 Å². The number of thiazole rings is 1. The Morgan fingerprint density at radius 1 is 1.32 bits per heavy atom. The van der Waals surface area contributed by atoms with Crippen molar-refractivity contribution in [2.45, 2.75) is 19.9 Å². The summed E-state index contributed by atoms with van der Waals surface area (Å²) in [4.78, 5) is 31.5. The third kappa shape index (κ3) is 4.43. The van der Waals surface area contributed by atoms with E-state index in [9.17, 15) is 14.7 Å². The first-order valence-electron chi connectivity index (χ1n) is 10.3. The largest absolute Gasteiger partial charge is 0.504 e. The van der Waals surface area contributed by atoms with Gasteiger partial charge in [0.05, 0.1) is 35.6 Å². The van der Waals surface area contributed by atoms with E-state index in [2.05, 4.69) is 20.9 Å². The Morgan fingerprint density at radius 3 is 2.68 bits per heavy atom. The van der Waals surface area contributed by atoms with Gasteiger partial charge < -0.3 is 14.6 Å². The summed E-state index contributed by atoms with van der Waals surface area (Å²) in [5.74, 6) is -0.352. The molecule has 1 atom stereocenters. The third-order valence-corrected chi connectivity index (χ3v) is 6.97. The molecule has 0 saturated carbocycles. The number of aromatic nitrogens is 1. The van der Waals surface area contributed by atoms with Crippen molar-refractivity contribution >= 4 is 50.9 Å². The summed E-state index contributed by atoms with van der Waals surface area (Å²) in [7, 11) is 1.45. The summed E-state index contributed by atoms with van der Waals surface area (Å²) in [6.07, 6.45) is 1.58. The van der Waals surface area contributed by atoms with Crippen molar-refractivity contribution in [3.8, 4) is 11.5 Å². The zero-order chi connectivity index (χ0) is 24.6. The monoisotopic (exact) mass is 562 g/mol. The number of ether oxygens (including phenoxy) is 2. The molecule has 1 N–H and O–H groups in total. The molecule has 0 spiro atoms. The van der Waals surface area contributed by atoms with Crippen molar-refractivity contribution in [3.63, 3.8) is 0 Å². The van der Waals surface area contributed by atoms with Crippen LogP contribution in [0.15, 0.2) is 61.9 Å². The van der Waals surface area contributed by atoms with Gasteiger partial charge in [-0.15, -0.1) is 0 Å². The molecule has 2 heterocycles. The van der Waals surface area contributed by atoms with Crippen LogP contribution in [0.4, 0.5) is 0 Å².